The number of anilines is 1. The first-order valence-corrected chi connectivity index (χ1v) is 9.62. The highest BCUT2D eigenvalue weighted by molar-refractivity contribution is 7.17. The quantitative estimate of drug-likeness (QED) is 0.455. The fourth-order valence-electron chi connectivity index (χ4n) is 3.08. The molecule has 0 aliphatic carbocycles. The number of hydrogen-bond acceptors (Lipinski definition) is 6. The van der Waals surface area contributed by atoms with E-state index in [0.29, 0.717) is 11.4 Å². The number of halogens is 1. The van der Waals surface area contributed by atoms with Crippen molar-refractivity contribution in [2.24, 2.45) is 0 Å². The second-order valence-electron chi connectivity index (χ2n) is 6.53. The van der Waals surface area contributed by atoms with Gasteiger partial charge in [-0.15, -0.1) is 11.3 Å². The highest BCUT2D eigenvalue weighted by Crippen LogP contribution is 2.37. The Morgan fingerprint density at radius 3 is 2.46 bits per heavy atom. The van der Waals surface area contributed by atoms with Crippen LogP contribution >= 0.6 is 11.3 Å². The number of phenolic OH excluding ortho intramolecular Hbond substituents is 1. The summed E-state index contributed by atoms with van der Waals surface area (Å²) >= 11 is 1.49. The molecule has 0 saturated carbocycles. The van der Waals surface area contributed by atoms with Gasteiger partial charge in [-0.1, -0.05) is 24.3 Å². The summed E-state index contributed by atoms with van der Waals surface area (Å²) in [7, 11) is 0. The van der Waals surface area contributed by atoms with Gasteiger partial charge in [0.1, 0.15) is 28.5 Å². The maximum absolute atomic E-state index is 13.3. The van der Waals surface area contributed by atoms with Gasteiger partial charge in [0.15, 0.2) is 0 Å². The molecule has 0 amide bonds. The van der Waals surface area contributed by atoms with Crippen molar-refractivity contribution in [1.29, 1.82) is 0 Å². The normalized spacial score (nSPS) is 13.4. The van der Waals surface area contributed by atoms with Crippen molar-refractivity contribution in [3.05, 3.63) is 71.6 Å². The minimum atomic E-state index is -0.793. The summed E-state index contributed by atoms with van der Waals surface area (Å²) in [5.41, 5.74) is 2.47. The van der Waals surface area contributed by atoms with Gasteiger partial charge in [-0.25, -0.2) is 14.4 Å². The highest BCUT2D eigenvalue weighted by Gasteiger charge is 2.20. The molecule has 0 saturated heterocycles. The number of aromatic hydroxyl groups is 1. The number of aliphatic hydroxyl groups is 1. The summed E-state index contributed by atoms with van der Waals surface area (Å²) < 4.78 is 13.3. The molecule has 142 valence electrons. The third kappa shape index (κ3) is 3.54. The number of nitrogens with zero attached hydrogens (tertiary/aromatic N) is 2. The number of fused-ring (bicyclic) bond motifs is 1. The average molecular weight is 395 g/mol. The third-order valence-corrected chi connectivity index (χ3v) is 5.48. The number of hydrogen-bond donors (Lipinski definition) is 3. The van der Waals surface area contributed by atoms with Crippen LogP contribution in [0.15, 0.2) is 60.2 Å². The number of benzene rings is 2. The van der Waals surface area contributed by atoms with Crippen molar-refractivity contribution in [2.75, 3.05) is 5.32 Å². The van der Waals surface area contributed by atoms with Crippen LogP contribution < -0.4 is 5.32 Å². The SMILES string of the molecule is C[C@H](Nc1ncnc2scc(-c3ccc(F)cc3)c12)[C@@H](O)c1ccc(O)cc1. The van der Waals surface area contributed by atoms with Gasteiger partial charge in [0.25, 0.3) is 0 Å². The van der Waals surface area contributed by atoms with E-state index in [-0.39, 0.29) is 17.6 Å². The van der Waals surface area contributed by atoms with Crippen LogP contribution in [0.2, 0.25) is 0 Å². The molecule has 0 spiro atoms. The van der Waals surface area contributed by atoms with E-state index in [1.54, 1.807) is 36.4 Å². The number of thiophene rings is 1. The van der Waals surface area contributed by atoms with Gasteiger partial charge in [0.2, 0.25) is 0 Å². The molecule has 2 aromatic heterocycles. The molecule has 2 atom stereocenters. The molecule has 7 heteroatoms. The maximum Gasteiger partial charge on any atom is 0.139 e. The Bertz CT molecular complexity index is 1100. The molecule has 3 N–H and O–H groups in total. The summed E-state index contributed by atoms with van der Waals surface area (Å²) in [5, 5.41) is 26.2. The van der Waals surface area contributed by atoms with E-state index in [4.69, 9.17) is 0 Å². The van der Waals surface area contributed by atoms with Crippen LogP contribution in [0, 0.1) is 5.82 Å². The predicted molar refractivity (Wildman–Crippen MR) is 109 cm³/mol. The standard InChI is InChI=1S/C21H18FN3O2S/c1-12(19(27)14-4-8-16(26)9-5-14)25-20-18-17(10-28-21(18)24-11-23-20)13-2-6-15(22)7-3-13/h2-12,19,26-27H,1H3,(H,23,24,25)/t12-,19+/m0/s1. The van der Waals surface area contributed by atoms with Gasteiger partial charge in [-0.3, -0.25) is 0 Å². The molecule has 0 fully saturated rings. The zero-order chi connectivity index (χ0) is 19.7. The number of aromatic nitrogens is 2. The molecule has 0 aliphatic rings. The second-order valence-corrected chi connectivity index (χ2v) is 7.39. The number of aliphatic hydroxyl groups excluding tert-OH is 1. The smallest absolute Gasteiger partial charge is 0.139 e. The number of rotatable bonds is 5. The van der Waals surface area contributed by atoms with E-state index in [9.17, 15) is 14.6 Å². The van der Waals surface area contributed by atoms with Crippen LogP contribution in [-0.2, 0) is 0 Å². The topological polar surface area (TPSA) is 78.3 Å². The van der Waals surface area contributed by atoms with Crippen molar-refractivity contribution in [2.45, 2.75) is 19.1 Å². The molecule has 0 unspecified atom stereocenters. The first kappa shape index (κ1) is 18.3. The lowest BCUT2D eigenvalue weighted by molar-refractivity contribution is 0.160. The highest BCUT2D eigenvalue weighted by atomic mass is 32.1. The molecule has 2 aromatic carbocycles. The largest absolute Gasteiger partial charge is 0.508 e. The van der Waals surface area contributed by atoms with Crippen LogP contribution in [0.4, 0.5) is 10.2 Å². The Morgan fingerprint density at radius 2 is 1.75 bits per heavy atom. The monoisotopic (exact) mass is 395 g/mol. The van der Waals surface area contributed by atoms with Gasteiger partial charge in [-0.05, 0) is 42.3 Å². The Kier molecular flexibility index (Phi) is 4.93. The van der Waals surface area contributed by atoms with E-state index in [1.807, 2.05) is 12.3 Å². The average Bonchev–Trinajstić information content (AvgIpc) is 3.14. The molecule has 2 heterocycles. The zero-order valence-electron chi connectivity index (χ0n) is 15.0. The molecule has 28 heavy (non-hydrogen) atoms. The van der Waals surface area contributed by atoms with Crippen LogP contribution in [0.5, 0.6) is 5.75 Å². The molecule has 0 aliphatic heterocycles. The van der Waals surface area contributed by atoms with Crippen LogP contribution in [-0.4, -0.2) is 26.2 Å². The van der Waals surface area contributed by atoms with Crippen LogP contribution in [0.25, 0.3) is 21.3 Å². The maximum atomic E-state index is 13.3. The lowest BCUT2D eigenvalue weighted by Gasteiger charge is -2.21. The van der Waals surface area contributed by atoms with Gasteiger partial charge in [0, 0.05) is 10.9 Å². The molecular formula is C21H18FN3O2S. The zero-order valence-corrected chi connectivity index (χ0v) is 15.8. The number of phenols is 1. The Hall–Kier alpha value is -3.03. The van der Waals surface area contributed by atoms with Crippen molar-refractivity contribution < 1.29 is 14.6 Å². The summed E-state index contributed by atoms with van der Waals surface area (Å²) in [5.74, 6) is 0.468. The van der Waals surface area contributed by atoms with Gasteiger partial charge in [-0.2, -0.15) is 0 Å². The fraction of sp³-hybridized carbons (Fsp3) is 0.143. The Balaban J connectivity index is 1.67. The fourth-order valence-corrected chi connectivity index (χ4v) is 4.00. The van der Waals surface area contributed by atoms with Crippen molar-refractivity contribution in [3.63, 3.8) is 0 Å². The van der Waals surface area contributed by atoms with E-state index in [1.165, 1.54) is 29.8 Å². The van der Waals surface area contributed by atoms with Crippen LogP contribution in [0.1, 0.15) is 18.6 Å². The molecule has 5 nitrogen and oxygen atoms in total. The first-order valence-electron chi connectivity index (χ1n) is 8.74. The second kappa shape index (κ2) is 7.53. The van der Waals surface area contributed by atoms with Gasteiger partial charge in [0.05, 0.1) is 17.5 Å². The molecule has 0 bridgehead atoms. The summed E-state index contributed by atoms with van der Waals surface area (Å²) in [6.45, 7) is 1.86. The van der Waals surface area contributed by atoms with E-state index in [0.717, 1.165) is 21.3 Å². The van der Waals surface area contributed by atoms with Gasteiger partial charge >= 0.3 is 0 Å². The minimum absolute atomic E-state index is 0.149. The summed E-state index contributed by atoms with van der Waals surface area (Å²) in [4.78, 5) is 9.51. The van der Waals surface area contributed by atoms with Crippen molar-refractivity contribution in [3.8, 4) is 16.9 Å². The molecule has 4 rings (SSSR count). The number of nitrogens with one attached hydrogen (secondary N) is 1. The molecule has 4 aromatic rings. The van der Waals surface area contributed by atoms with E-state index >= 15 is 0 Å². The summed E-state index contributed by atoms with van der Waals surface area (Å²) in [6.07, 6.45) is 0.688. The van der Waals surface area contributed by atoms with E-state index < -0.39 is 6.10 Å². The predicted octanol–water partition coefficient (Wildman–Crippen LogP) is 4.74. The van der Waals surface area contributed by atoms with Crippen molar-refractivity contribution in [1.82, 2.24) is 9.97 Å². The lowest BCUT2D eigenvalue weighted by atomic mass is 10.0. The Morgan fingerprint density at radius 1 is 1.04 bits per heavy atom. The first-order chi connectivity index (χ1) is 13.5. The van der Waals surface area contributed by atoms with Gasteiger partial charge < -0.3 is 15.5 Å². The van der Waals surface area contributed by atoms with Crippen molar-refractivity contribution >= 4 is 27.4 Å². The summed E-state index contributed by atoms with van der Waals surface area (Å²) in [6, 6.07) is 12.4. The van der Waals surface area contributed by atoms with Crippen LogP contribution in [0.3, 0.4) is 0 Å². The van der Waals surface area contributed by atoms with E-state index in [2.05, 4.69) is 15.3 Å². The Labute approximate surface area is 165 Å². The molecule has 0 radical (unpaired) electrons. The lowest BCUT2D eigenvalue weighted by Crippen LogP contribution is -2.24. The minimum Gasteiger partial charge on any atom is -0.508 e. The molecular weight excluding hydrogens is 377 g/mol. The third-order valence-electron chi connectivity index (χ3n) is 4.60.